The lowest BCUT2D eigenvalue weighted by atomic mass is 10.2. The van der Waals surface area contributed by atoms with Crippen LogP contribution in [0.25, 0.3) is 10.9 Å². The van der Waals surface area contributed by atoms with Gasteiger partial charge in [0.1, 0.15) is 5.69 Å². The van der Waals surface area contributed by atoms with Crippen molar-refractivity contribution in [2.45, 2.75) is 6.18 Å². The molecule has 15 heavy (non-hydrogen) atoms. The van der Waals surface area contributed by atoms with Gasteiger partial charge in [0.05, 0.1) is 0 Å². The first-order chi connectivity index (χ1) is 6.88. The third-order valence-electron chi connectivity index (χ3n) is 1.97. The van der Waals surface area contributed by atoms with Gasteiger partial charge in [0, 0.05) is 18.9 Å². The number of aromatic amines is 1. The van der Waals surface area contributed by atoms with Crippen LogP contribution in [0.15, 0.2) is 22.7 Å². The highest BCUT2D eigenvalue weighted by molar-refractivity contribution is 14.1. The number of nitrogens with one attached hydrogen (secondary N) is 1. The summed E-state index contributed by atoms with van der Waals surface area (Å²) < 4.78 is 38.8. The Hall–Kier alpha value is -0.240. The lowest BCUT2D eigenvalue weighted by Crippen LogP contribution is -2.04. The van der Waals surface area contributed by atoms with E-state index in [2.05, 4.69) is 43.5 Å². The van der Waals surface area contributed by atoms with E-state index < -0.39 is 11.9 Å². The molecule has 0 aliphatic carbocycles. The second kappa shape index (κ2) is 3.65. The number of benzene rings is 1. The predicted octanol–water partition coefficient (Wildman–Crippen LogP) is 4.55. The summed E-state index contributed by atoms with van der Waals surface area (Å²) in [5.74, 6) is 0. The van der Waals surface area contributed by atoms with E-state index in [0.717, 1.165) is 14.1 Å². The molecule has 1 heterocycles. The van der Waals surface area contributed by atoms with Crippen LogP contribution in [0.2, 0.25) is 0 Å². The summed E-state index contributed by atoms with van der Waals surface area (Å²) in [6.07, 6.45) is -4.32. The maximum Gasteiger partial charge on any atom is 0.431 e. The largest absolute Gasteiger partial charge is 0.431 e. The monoisotopic (exact) mass is 389 g/mol. The molecule has 0 unspecified atom stereocenters. The zero-order chi connectivity index (χ0) is 11.2. The summed E-state index contributed by atoms with van der Waals surface area (Å²) in [5.41, 5.74) is -0.221. The van der Waals surface area contributed by atoms with Crippen molar-refractivity contribution in [3.05, 3.63) is 31.9 Å². The van der Waals surface area contributed by atoms with E-state index in [1.54, 1.807) is 12.1 Å². The molecule has 0 saturated carbocycles. The Kier molecular flexibility index (Phi) is 2.74. The maximum atomic E-state index is 12.4. The number of fused-ring (bicyclic) bond motifs is 1. The summed E-state index contributed by atoms with van der Waals surface area (Å²) in [6.45, 7) is 0. The van der Waals surface area contributed by atoms with Gasteiger partial charge in [-0.15, -0.1) is 0 Å². The van der Waals surface area contributed by atoms with Crippen molar-refractivity contribution in [3.8, 4) is 0 Å². The topological polar surface area (TPSA) is 15.8 Å². The molecule has 0 amide bonds. The summed E-state index contributed by atoms with van der Waals surface area (Å²) in [5, 5.41) is 0.551. The van der Waals surface area contributed by atoms with Gasteiger partial charge in [-0.3, -0.25) is 0 Å². The number of halogens is 5. The van der Waals surface area contributed by atoms with Crippen LogP contribution in [0.3, 0.4) is 0 Å². The number of rotatable bonds is 0. The maximum absolute atomic E-state index is 12.4. The minimum atomic E-state index is -4.32. The second-order valence-electron chi connectivity index (χ2n) is 3.03. The first-order valence-electron chi connectivity index (χ1n) is 3.93. The highest BCUT2D eigenvalue weighted by Gasteiger charge is 2.32. The molecule has 1 N–H and O–H groups in total. The van der Waals surface area contributed by atoms with Crippen LogP contribution in [0.4, 0.5) is 13.2 Å². The quantitative estimate of drug-likeness (QED) is 0.636. The first-order valence-corrected chi connectivity index (χ1v) is 5.80. The van der Waals surface area contributed by atoms with Gasteiger partial charge in [0.2, 0.25) is 0 Å². The van der Waals surface area contributed by atoms with Crippen molar-refractivity contribution in [1.29, 1.82) is 0 Å². The Morgan fingerprint density at radius 1 is 1.20 bits per heavy atom. The first kappa shape index (κ1) is 11.3. The number of hydrogen-bond donors (Lipinski definition) is 1. The van der Waals surface area contributed by atoms with Crippen molar-refractivity contribution < 1.29 is 13.2 Å². The highest BCUT2D eigenvalue weighted by Crippen LogP contribution is 2.33. The molecule has 0 bridgehead atoms. The average molecular weight is 390 g/mol. The molecule has 80 valence electrons. The molecule has 0 atom stereocenters. The Morgan fingerprint density at radius 3 is 2.47 bits per heavy atom. The molecule has 1 aromatic heterocycles. The van der Waals surface area contributed by atoms with Crippen LogP contribution in [-0.2, 0) is 6.18 Å². The third-order valence-corrected chi connectivity index (χ3v) is 4.26. The summed E-state index contributed by atoms with van der Waals surface area (Å²) >= 11 is 5.33. The number of hydrogen-bond acceptors (Lipinski definition) is 0. The van der Waals surface area contributed by atoms with Crippen LogP contribution in [0.1, 0.15) is 5.69 Å². The Bertz CT molecular complexity index is 479. The van der Waals surface area contributed by atoms with E-state index in [1.165, 1.54) is 0 Å². The van der Waals surface area contributed by atoms with Crippen LogP contribution < -0.4 is 0 Å². The second-order valence-corrected chi connectivity index (χ2v) is 5.05. The Balaban J connectivity index is 2.66. The zero-order valence-electron chi connectivity index (χ0n) is 7.12. The van der Waals surface area contributed by atoms with E-state index in [9.17, 15) is 13.2 Å². The SMILES string of the molecule is FC(F)(F)c1cc2cc(Br)c(I)cc2[nH]1. The summed E-state index contributed by atoms with van der Waals surface area (Å²) in [7, 11) is 0. The van der Waals surface area contributed by atoms with E-state index in [-0.39, 0.29) is 0 Å². The molecule has 0 radical (unpaired) electrons. The molecule has 0 aliphatic rings. The molecule has 0 aliphatic heterocycles. The number of alkyl halides is 3. The van der Waals surface area contributed by atoms with E-state index >= 15 is 0 Å². The molecule has 0 spiro atoms. The smallest absolute Gasteiger partial charge is 0.351 e. The molecule has 0 saturated heterocycles. The Morgan fingerprint density at radius 2 is 1.87 bits per heavy atom. The molecule has 2 aromatic rings. The van der Waals surface area contributed by atoms with E-state index in [1.807, 2.05) is 0 Å². The van der Waals surface area contributed by atoms with E-state index in [4.69, 9.17) is 0 Å². The zero-order valence-corrected chi connectivity index (χ0v) is 10.9. The highest BCUT2D eigenvalue weighted by atomic mass is 127. The Labute approximate surface area is 105 Å². The minimum Gasteiger partial charge on any atom is -0.351 e. The predicted molar refractivity (Wildman–Crippen MR) is 63.7 cm³/mol. The van der Waals surface area contributed by atoms with Crippen molar-refractivity contribution in [2.75, 3.05) is 0 Å². The van der Waals surface area contributed by atoms with Crippen molar-refractivity contribution in [3.63, 3.8) is 0 Å². The fourth-order valence-electron chi connectivity index (χ4n) is 1.28. The van der Waals surface area contributed by atoms with Crippen molar-refractivity contribution >= 4 is 49.4 Å². The molecule has 1 aromatic carbocycles. The number of H-pyrrole nitrogens is 1. The standard InChI is InChI=1S/C9H4BrF3IN/c10-5-1-4-2-8(9(11,12)13)15-7(4)3-6(5)14/h1-3,15H. The fraction of sp³-hybridized carbons (Fsp3) is 0.111. The summed E-state index contributed by atoms with van der Waals surface area (Å²) in [6, 6.07) is 4.45. The van der Waals surface area contributed by atoms with Crippen LogP contribution >= 0.6 is 38.5 Å². The van der Waals surface area contributed by atoms with Gasteiger partial charge in [-0.1, -0.05) is 0 Å². The third kappa shape index (κ3) is 2.15. The minimum absolute atomic E-state index is 0.495. The van der Waals surface area contributed by atoms with Gasteiger partial charge in [-0.05, 0) is 56.7 Å². The number of aromatic nitrogens is 1. The molecular weight excluding hydrogens is 386 g/mol. The molecule has 1 nitrogen and oxygen atoms in total. The van der Waals surface area contributed by atoms with Gasteiger partial charge < -0.3 is 4.98 Å². The normalized spacial score (nSPS) is 12.3. The van der Waals surface area contributed by atoms with Gasteiger partial charge in [0.25, 0.3) is 0 Å². The molecule has 0 fully saturated rings. The lowest BCUT2D eigenvalue weighted by molar-refractivity contribution is -0.140. The van der Waals surface area contributed by atoms with Gasteiger partial charge in [-0.25, -0.2) is 0 Å². The fourth-order valence-corrected chi connectivity index (χ4v) is 2.11. The van der Waals surface area contributed by atoms with Crippen LogP contribution in [0.5, 0.6) is 0 Å². The molecule has 6 heteroatoms. The molecular formula is C9H4BrF3IN. The van der Waals surface area contributed by atoms with Crippen molar-refractivity contribution in [2.24, 2.45) is 0 Å². The molecule has 2 rings (SSSR count). The van der Waals surface area contributed by atoms with Gasteiger partial charge in [-0.2, -0.15) is 13.2 Å². The van der Waals surface area contributed by atoms with Crippen LogP contribution in [-0.4, -0.2) is 4.98 Å². The van der Waals surface area contributed by atoms with Gasteiger partial charge in [0.15, 0.2) is 0 Å². The van der Waals surface area contributed by atoms with E-state index in [0.29, 0.717) is 10.9 Å². The summed E-state index contributed by atoms with van der Waals surface area (Å²) in [4.78, 5) is 2.35. The lowest BCUT2D eigenvalue weighted by Gasteiger charge is -2.00. The average Bonchev–Trinajstić information content (AvgIpc) is 2.47. The van der Waals surface area contributed by atoms with Crippen LogP contribution in [0, 0.1) is 3.57 Å². The van der Waals surface area contributed by atoms with Crippen molar-refractivity contribution in [1.82, 2.24) is 4.98 Å². The van der Waals surface area contributed by atoms with Gasteiger partial charge >= 0.3 is 6.18 Å².